The second-order valence-corrected chi connectivity index (χ2v) is 16.3. The van der Waals surface area contributed by atoms with Crippen LogP contribution in [0.3, 0.4) is 0 Å². The fourth-order valence-corrected chi connectivity index (χ4v) is 8.08. The van der Waals surface area contributed by atoms with Crippen molar-refractivity contribution < 1.29 is 57.6 Å². The minimum absolute atomic E-state index is 0.0327. The molecule has 1 aromatic rings. The van der Waals surface area contributed by atoms with Gasteiger partial charge in [0.1, 0.15) is 6.04 Å². The first-order valence-electron chi connectivity index (χ1n) is 21.8. The lowest BCUT2D eigenvalue weighted by Gasteiger charge is -2.39. The van der Waals surface area contributed by atoms with Gasteiger partial charge in [0.2, 0.25) is 23.6 Å². The highest BCUT2D eigenvalue weighted by molar-refractivity contribution is 5.88. The molecule has 2 rings (SSSR count). The minimum atomic E-state index is -1.15. The van der Waals surface area contributed by atoms with Crippen molar-refractivity contribution in [2.45, 2.75) is 103 Å². The highest BCUT2D eigenvalue weighted by Crippen LogP contribution is 2.29. The van der Waals surface area contributed by atoms with E-state index in [0.717, 1.165) is 5.56 Å². The van der Waals surface area contributed by atoms with Gasteiger partial charge in [-0.2, -0.15) is 0 Å². The van der Waals surface area contributed by atoms with Gasteiger partial charge in [0.15, 0.2) is 0 Å². The lowest BCUT2D eigenvalue weighted by atomic mass is 9.90. The standard InChI is InChI=1S/C44H76N6O12/c1-10-31(4)40(49(7)38(52)29-46-43(54)39(30(2)3)48(6)19-20-59-21-22-60-23-24-61-25-26-62-45)36(57-8)28-37(51)50-18-14-17-35(50)41(58-9)32(5)42(53)47-34(44(55)56)27-33-15-12-11-13-16-33/h11-13,15-16,30-32,34-36,39-41H,10,14,17-29,45H2,1-9H3,(H,46,54)(H,47,53)(H,55,56). The Morgan fingerprint density at radius 1 is 0.887 bits per heavy atom. The number of ether oxygens (including phenoxy) is 5. The fraction of sp³-hybridized carbons (Fsp3) is 0.750. The SMILES string of the molecule is CCC(C)C(C(CC(=O)N1CCCC1C(OC)C(C)C(=O)NC(Cc1ccccc1)C(=O)O)OC)N(C)C(=O)CNC(=O)C(C(C)C)N(C)CCOCCOCCOCCON. The number of carbonyl (C=O) groups excluding carboxylic acids is 4. The molecular weight excluding hydrogens is 805 g/mol. The normalized spacial score (nSPS) is 17.5. The third-order valence-corrected chi connectivity index (χ3v) is 11.7. The highest BCUT2D eigenvalue weighted by atomic mass is 16.6. The third-order valence-electron chi connectivity index (χ3n) is 11.7. The molecule has 18 heteroatoms. The zero-order chi connectivity index (χ0) is 46.2. The highest BCUT2D eigenvalue weighted by Gasteiger charge is 2.42. The van der Waals surface area contributed by atoms with Crippen LogP contribution in [0.4, 0.5) is 0 Å². The number of aliphatic carboxylic acids is 1. The van der Waals surface area contributed by atoms with Crippen molar-refractivity contribution in [1.29, 1.82) is 0 Å². The Bertz CT molecular complexity index is 1470. The molecule has 0 saturated carbocycles. The summed E-state index contributed by atoms with van der Waals surface area (Å²) < 4.78 is 28.3. The molecule has 0 aliphatic carbocycles. The van der Waals surface area contributed by atoms with Gasteiger partial charge in [-0.05, 0) is 37.3 Å². The van der Waals surface area contributed by atoms with Crippen molar-refractivity contribution >= 4 is 29.6 Å². The molecule has 62 heavy (non-hydrogen) atoms. The maximum atomic E-state index is 14.1. The molecule has 4 amide bonds. The number of amides is 4. The van der Waals surface area contributed by atoms with Crippen LogP contribution in [0.15, 0.2) is 30.3 Å². The molecule has 0 radical (unpaired) electrons. The van der Waals surface area contributed by atoms with E-state index in [2.05, 4.69) is 15.5 Å². The first-order valence-corrected chi connectivity index (χ1v) is 21.8. The predicted octanol–water partition coefficient (Wildman–Crippen LogP) is 1.73. The van der Waals surface area contributed by atoms with Gasteiger partial charge >= 0.3 is 5.97 Å². The predicted molar refractivity (Wildman–Crippen MR) is 233 cm³/mol. The molecule has 5 N–H and O–H groups in total. The number of hydrogen-bond acceptors (Lipinski definition) is 13. The number of hydrogen-bond donors (Lipinski definition) is 4. The van der Waals surface area contributed by atoms with Gasteiger partial charge in [-0.1, -0.05) is 71.4 Å². The van der Waals surface area contributed by atoms with Crippen LogP contribution in [-0.4, -0.2) is 180 Å². The maximum Gasteiger partial charge on any atom is 0.326 e. The van der Waals surface area contributed by atoms with Crippen LogP contribution in [0.1, 0.15) is 65.9 Å². The zero-order valence-corrected chi connectivity index (χ0v) is 38.5. The summed E-state index contributed by atoms with van der Waals surface area (Å²) in [5.41, 5.74) is 0.776. The lowest BCUT2D eigenvalue weighted by molar-refractivity contribution is -0.147. The van der Waals surface area contributed by atoms with E-state index in [4.69, 9.17) is 29.6 Å². The van der Waals surface area contributed by atoms with Crippen molar-refractivity contribution in [1.82, 2.24) is 25.3 Å². The summed E-state index contributed by atoms with van der Waals surface area (Å²) in [5, 5.41) is 15.4. The number of rotatable bonds is 32. The van der Waals surface area contributed by atoms with Crippen LogP contribution in [0.5, 0.6) is 0 Å². The van der Waals surface area contributed by atoms with Crippen molar-refractivity contribution in [3.05, 3.63) is 35.9 Å². The minimum Gasteiger partial charge on any atom is -0.480 e. The third kappa shape index (κ3) is 17.8. The van der Waals surface area contributed by atoms with Gasteiger partial charge in [0.05, 0.1) is 95.5 Å². The van der Waals surface area contributed by atoms with E-state index < -0.39 is 54.2 Å². The van der Waals surface area contributed by atoms with Crippen LogP contribution < -0.4 is 16.5 Å². The molecule has 8 atom stereocenters. The number of likely N-dealkylation sites (tertiary alicyclic amines) is 1. The number of benzene rings is 1. The molecule has 18 nitrogen and oxygen atoms in total. The quantitative estimate of drug-likeness (QED) is 0.0599. The Kier molecular flexibility index (Phi) is 25.9. The van der Waals surface area contributed by atoms with Gasteiger partial charge in [0.25, 0.3) is 0 Å². The molecule has 8 unspecified atom stereocenters. The first kappa shape index (κ1) is 54.4. The molecule has 1 heterocycles. The second-order valence-electron chi connectivity index (χ2n) is 16.3. The summed E-state index contributed by atoms with van der Waals surface area (Å²) >= 11 is 0. The average Bonchev–Trinajstić information content (AvgIpc) is 3.74. The number of nitrogens with one attached hydrogen (secondary N) is 2. The van der Waals surface area contributed by atoms with E-state index in [1.165, 1.54) is 14.2 Å². The number of carbonyl (C=O) groups is 5. The van der Waals surface area contributed by atoms with Crippen molar-refractivity contribution in [2.24, 2.45) is 23.7 Å². The Hall–Kier alpha value is -3.75. The zero-order valence-electron chi connectivity index (χ0n) is 38.5. The molecule has 354 valence electrons. The van der Waals surface area contributed by atoms with Crippen molar-refractivity contribution in [3.8, 4) is 0 Å². The number of nitrogens with zero attached hydrogens (tertiary/aromatic N) is 3. The topological polar surface area (TPSA) is 221 Å². The first-order chi connectivity index (χ1) is 29.6. The van der Waals surface area contributed by atoms with Crippen molar-refractivity contribution in [3.63, 3.8) is 0 Å². The fourth-order valence-electron chi connectivity index (χ4n) is 8.08. The molecular formula is C44H76N6O12. The summed E-state index contributed by atoms with van der Waals surface area (Å²) in [5.74, 6) is 1.63. The van der Waals surface area contributed by atoms with Crippen LogP contribution in [0, 0.1) is 17.8 Å². The van der Waals surface area contributed by atoms with E-state index in [0.29, 0.717) is 78.6 Å². The van der Waals surface area contributed by atoms with Gasteiger partial charge in [-0.15, -0.1) is 0 Å². The smallest absolute Gasteiger partial charge is 0.326 e. The van der Waals surface area contributed by atoms with Gasteiger partial charge < -0.3 is 54.1 Å². The average molecular weight is 881 g/mol. The van der Waals surface area contributed by atoms with Gasteiger partial charge in [-0.3, -0.25) is 24.1 Å². The molecule has 0 aromatic heterocycles. The van der Waals surface area contributed by atoms with Gasteiger partial charge in [-0.25, -0.2) is 10.7 Å². The Labute approximate surface area is 368 Å². The number of methoxy groups -OCH3 is 2. The summed E-state index contributed by atoms with van der Waals surface area (Å²) in [6.45, 7) is 13.0. The molecule has 0 spiro atoms. The van der Waals surface area contributed by atoms with Gasteiger partial charge in [0, 0.05) is 40.8 Å². The number of nitrogens with two attached hydrogens (primary N) is 1. The van der Waals surface area contributed by atoms with E-state index in [1.54, 1.807) is 35.9 Å². The summed E-state index contributed by atoms with van der Waals surface area (Å²) in [6, 6.07) is 6.49. The lowest BCUT2D eigenvalue weighted by Crippen LogP contribution is -2.55. The monoisotopic (exact) mass is 881 g/mol. The van der Waals surface area contributed by atoms with E-state index in [-0.39, 0.29) is 48.9 Å². The molecule has 1 saturated heterocycles. The Morgan fingerprint density at radius 3 is 2.05 bits per heavy atom. The number of carboxylic acids is 1. The summed E-state index contributed by atoms with van der Waals surface area (Å²) in [4.78, 5) is 76.7. The maximum absolute atomic E-state index is 14.1. The summed E-state index contributed by atoms with van der Waals surface area (Å²) in [7, 11) is 6.52. The van der Waals surface area contributed by atoms with Crippen LogP contribution in [0.2, 0.25) is 0 Å². The van der Waals surface area contributed by atoms with E-state index in [9.17, 15) is 29.1 Å². The molecule has 1 fully saturated rings. The number of carboxylic acid groups (broad SMARTS) is 1. The Balaban J connectivity index is 2.02. The molecule has 0 bridgehead atoms. The second kappa shape index (κ2) is 29.6. The summed E-state index contributed by atoms with van der Waals surface area (Å²) in [6.07, 6.45) is 0.694. The molecule has 1 aromatic carbocycles. The number of likely N-dealkylation sites (N-methyl/N-ethyl adjacent to an activating group) is 2. The molecule has 1 aliphatic heterocycles. The van der Waals surface area contributed by atoms with E-state index >= 15 is 0 Å². The van der Waals surface area contributed by atoms with Crippen LogP contribution >= 0.6 is 0 Å². The van der Waals surface area contributed by atoms with Crippen LogP contribution in [0.25, 0.3) is 0 Å². The van der Waals surface area contributed by atoms with Crippen LogP contribution in [-0.2, 0) is 58.9 Å². The van der Waals surface area contributed by atoms with Crippen molar-refractivity contribution in [2.75, 3.05) is 94.2 Å². The van der Waals surface area contributed by atoms with E-state index in [1.807, 2.05) is 57.8 Å². The molecule has 1 aliphatic rings. The Morgan fingerprint density at radius 2 is 1.50 bits per heavy atom. The largest absolute Gasteiger partial charge is 0.480 e.